The number of halogens is 2. The molecule has 0 saturated carbocycles. The highest BCUT2D eigenvalue weighted by atomic mass is 32.2. The second kappa shape index (κ2) is 5.79. The quantitative estimate of drug-likeness (QED) is 0.911. The molecule has 0 radical (unpaired) electrons. The van der Waals surface area contributed by atoms with E-state index in [1.54, 1.807) is 6.92 Å². The number of sulfonamides is 1. The van der Waals surface area contributed by atoms with Crippen molar-refractivity contribution in [3.63, 3.8) is 0 Å². The van der Waals surface area contributed by atoms with E-state index in [1.165, 1.54) is 18.2 Å². The fraction of sp³-hybridized carbons (Fsp3) is 0.143. The van der Waals surface area contributed by atoms with Gasteiger partial charge >= 0.3 is 0 Å². The van der Waals surface area contributed by atoms with Crippen molar-refractivity contribution in [2.75, 3.05) is 4.72 Å². The van der Waals surface area contributed by atoms with Crippen molar-refractivity contribution in [3.8, 4) is 0 Å². The van der Waals surface area contributed by atoms with E-state index in [0.29, 0.717) is 5.56 Å². The minimum absolute atomic E-state index is 0.0284. The highest BCUT2D eigenvalue weighted by Crippen LogP contribution is 2.22. The predicted octanol–water partition coefficient (Wildman–Crippen LogP) is 2.57. The average Bonchev–Trinajstić information content (AvgIpc) is 2.36. The third kappa shape index (κ3) is 3.56. The molecule has 0 fully saturated rings. The van der Waals surface area contributed by atoms with Crippen LogP contribution in [0.1, 0.15) is 11.1 Å². The fourth-order valence-electron chi connectivity index (χ4n) is 1.91. The van der Waals surface area contributed by atoms with Crippen LogP contribution in [0.15, 0.2) is 41.3 Å². The molecule has 0 amide bonds. The third-order valence-corrected chi connectivity index (χ3v) is 4.25. The highest BCUT2D eigenvalue weighted by molar-refractivity contribution is 7.92. The predicted molar refractivity (Wildman–Crippen MR) is 74.3 cm³/mol. The Bertz CT molecular complexity index is 756. The first-order chi connectivity index (χ1) is 9.81. The maximum atomic E-state index is 13.3. The summed E-state index contributed by atoms with van der Waals surface area (Å²) in [4.78, 5) is -0.382. The van der Waals surface area contributed by atoms with Crippen molar-refractivity contribution in [1.82, 2.24) is 0 Å². The summed E-state index contributed by atoms with van der Waals surface area (Å²) in [5.74, 6) is -1.34. The molecule has 0 unspecified atom stereocenters. The molecule has 0 aliphatic rings. The molecule has 0 heterocycles. The number of aliphatic hydroxyl groups is 1. The number of aliphatic hydroxyl groups excluding tert-OH is 1. The monoisotopic (exact) mass is 313 g/mol. The van der Waals surface area contributed by atoms with Gasteiger partial charge in [0.25, 0.3) is 10.0 Å². The standard InChI is InChI=1S/C14H13F2NO3S/c1-9-4-12(16)6-13(5-9)17-21(19,20)14-7-11(15)3-2-10(14)8-18/h2-7,17-18H,8H2,1H3. The summed E-state index contributed by atoms with van der Waals surface area (Å²) < 4.78 is 53.2. The lowest BCUT2D eigenvalue weighted by molar-refractivity contribution is 0.278. The summed E-state index contributed by atoms with van der Waals surface area (Å²) in [6.45, 7) is 1.06. The van der Waals surface area contributed by atoms with Gasteiger partial charge in [0.05, 0.1) is 17.2 Å². The Hall–Kier alpha value is -1.99. The van der Waals surface area contributed by atoms with E-state index in [0.717, 1.165) is 18.2 Å². The smallest absolute Gasteiger partial charge is 0.262 e. The zero-order valence-electron chi connectivity index (χ0n) is 11.1. The number of anilines is 1. The van der Waals surface area contributed by atoms with Crippen LogP contribution >= 0.6 is 0 Å². The van der Waals surface area contributed by atoms with Gasteiger partial charge in [-0.1, -0.05) is 6.07 Å². The summed E-state index contributed by atoms with van der Waals surface area (Å²) in [5.41, 5.74) is 0.618. The maximum absolute atomic E-state index is 13.3. The van der Waals surface area contributed by atoms with E-state index < -0.39 is 28.3 Å². The van der Waals surface area contributed by atoms with Gasteiger partial charge in [0.15, 0.2) is 0 Å². The van der Waals surface area contributed by atoms with Gasteiger partial charge in [-0.15, -0.1) is 0 Å². The van der Waals surface area contributed by atoms with Crippen LogP contribution in [0.5, 0.6) is 0 Å². The zero-order valence-corrected chi connectivity index (χ0v) is 11.9. The number of hydrogen-bond acceptors (Lipinski definition) is 3. The molecule has 0 saturated heterocycles. The SMILES string of the molecule is Cc1cc(F)cc(NS(=O)(=O)c2cc(F)ccc2CO)c1. The lowest BCUT2D eigenvalue weighted by Gasteiger charge is -2.12. The summed E-state index contributed by atoms with van der Waals surface area (Å²) in [6.07, 6.45) is 0. The zero-order chi connectivity index (χ0) is 15.6. The Morgan fingerprint density at radius 1 is 1.10 bits per heavy atom. The van der Waals surface area contributed by atoms with Crippen LogP contribution in [0, 0.1) is 18.6 Å². The molecule has 7 heteroatoms. The van der Waals surface area contributed by atoms with Crippen molar-refractivity contribution < 1.29 is 22.3 Å². The van der Waals surface area contributed by atoms with Crippen LogP contribution in [0.2, 0.25) is 0 Å². The molecule has 0 aliphatic carbocycles. The molecule has 2 aromatic carbocycles. The van der Waals surface area contributed by atoms with Gasteiger partial charge in [0.1, 0.15) is 11.6 Å². The maximum Gasteiger partial charge on any atom is 0.262 e. The van der Waals surface area contributed by atoms with Crippen molar-refractivity contribution in [1.29, 1.82) is 0 Å². The van der Waals surface area contributed by atoms with Crippen molar-refractivity contribution in [3.05, 3.63) is 59.2 Å². The molecule has 0 bridgehead atoms. The molecular weight excluding hydrogens is 300 g/mol. The van der Waals surface area contributed by atoms with Crippen LogP contribution in [0.25, 0.3) is 0 Å². The molecule has 2 rings (SSSR count). The molecule has 0 aromatic heterocycles. The number of rotatable bonds is 4. The second-order valence-electron chi connectivity index (χ2n) is 4.53. The summed E-state index contributed by atoms with van der Waals surface area (Å²) in [5, 5.41) is 9.15. The minimum atomic E-state index is -4.13. The van der Waals surface area contributed by atoms with Crippen LogP contribution in [0.4, 0.5) is 14.5 Å². The van der Waals surface area contributed by atoms with Gasteiger partial charge in [0.2, 0.25) is 0 Å². The molecule has 2 N–H and O–H groups in total. The molecule has 4 nitrogen and oxygen atoms in total. The first kappa shape index (κ1) is 15.4. The first-order valence-corrected chi connectivity index (χ1v) is 7.49. The Morgan fingerprint density at radius 3 is 2.43 bits per heavy atom. The Balaban J connectivity index is 2.45. The summed E-state index contributed by atoms with van der Waals surface area (Å²) in [6, 6.07) is 6.75. The number of aryl methyl sites for hydroxylation is 1. The summed E-state index contributed by atoms with van der Waals surface area (Å²) in [7, 11) is -4.13. The summed E-state index contributed by atoms with van der Waals surface area (Å²) >= 11 is 0. The van der Waals surface area contributed by atoms with Gasteiger partial charge in [-0.2, -0.15) is 0 Å². The lowest BCUT2D eigenvalue weighted by Crippen LogP contribution is -2.15. The van der Waals surface area contributed by atoms with Crippen LogP contribution in [-0.4, -0.2) is 13.5 Å². The lowest BCUT2D eigenvalue weighted by atomic mass is 10.2. The number of hydrogen-bond donors (Lipinski definition) is 2. The van der Waals surface area contributed by atoms with E-state index in [2.05, 4.69) is 4.72 Å². The van der Waals surface area contributed by atoms with Gasteiger partial charge in [-0.05, 0) is 48.4 Å². The van der Waals surface area contributed by atoms with Crippen LogP contribution in [-0.2, 0) is 16.6 Å². The molecule has 0 aliphatic heterocycles. The van der Waals surface area contributed by atoms with E-state index in [4.69, 9.17) is 5.11 Å². The molecule has 2 aromatic rings. The van der Waals surface area contributed by atoms with E-state index in [1.807, 2.05) is 0 Å². The fourth-order valence-corrected chi connectivity index (χ4v) is 3.20. The Morgan fingerprint density at radius 2 is 1.81 bits per heavy atom. The number of benzene rings is 2. The van der Waals surface area contributed by atoms with Crippen LogP contribution < -0.4 is 4.72 Å². The minimum Gasteiger partial charge on any atom is -0.392 e. The van der Waals surface area contributed by atoms with E-state index >= 15 is 0 Å². The van der Waals surface area contributed by atoms with Crippen molar-refractivity contribution in [2.45, 2.75) is 18.4 Å². The van der Waals surface area contributed by atoms with Gasteiger partial charge in [-0.25, -0.2) is 17.2 Å². The van der Waals surface area contributed by atoms with E-state index in [-0.39, 0.29) is 16.1 Å². The van der Waals surface area contributed by atoms with E-state index in [9.17, 15) is 17.2 Å². The number of nitrogens with one attached hydrogen (secondary N) is 1. The van der Waals surface area contributed by atoms with Gasteiger partial charge < -0.3 is 5.11 Å². The van der Waals surface area contributed by atoms with Gasteiger partial charge in [0, 0.05) is 0 Å². The van der Waals surface area contributed by atoms with Crippen molar-refractivity contribution in [2.24, 2.45) is 0 Å². The molecule has 0 spiro atoms. The molecular formula is C14H13F2NO3S. The largest absolute Gasteiger partial charge is 0.392 e. The average molecular weight is 313 g/mol. The Labute approximate surface area is 121 Å². The first-order valence-electron chi connectivity index (χ1n) is 6.01. The second-order valence-corrected chi connectivity index (χ2v) is 6.18. The Kier molecular flexibility index (Phi) is 4.24. The molecule has 21 heavy (non-hydrogen) atoms. The topological polar surface area (TPSA) is 66.4 Å². The normalized spacial score (nSPS) is 11.4. The van der Waals surface area contributed by atoms with Gasteiger partial charge in [-0.3, -0.25) is 4.72 Å². The molecule has 112 valence electrons. The van der Waals surface area contributed by atoms with Crippen molar-refractivity contribution >= 4 is 15.7 Å². The molecule has 0 atom stereocenters. The third-order valence-electron chi connectivity index (χ3n) is 2.78. The van der Waals surface area contributed by atoms with Crippen LogP contribution in [0.3, 0.4) is 0 Å². The highest BCUT2D eigenvalue weighted by Gasteiger charge is 2.19.